The molecule has 0 bridgehead atoms. The summed E-state index contributed by atoms with van der Waals surface area (Å²) in [4.78, 5) is 49.1. The minimum atomic E-state index is -0.863. The molecule has 0 radical (unpaired) electrons. The van der Waals surface area contributed by atoms with E-state index in [-0.39, 0.29) is 11.4 Å². The summed E-state index contributed by atoms with van der Waals surface area (Å²) in [7, 11) is 3.98. The molecule has 0 aliphatic rings. The zero-order valence-electron chi connectivity index (χ0n) is 18.4. The van der Waals surface area contributed by atoms with E-state index in [4.69, 9.17) is 19.9 Å². The van der Waals surface area contributed by atoms with Crippen LogP contribution in [0.3, 0.4) is 0 Å². The standard InChI is InChI=1S/C23H23N3O7/c1-25-20(24)19(21(28)26(2)23(25)30)16(27)13-33-22(29)15-9-10-17(18(11-15)31-3)32-12-14-7-5-4-6-8-14/h4-11H,12-13,24H2,1-3H3. The summed E-state index contributed by atoms with van der Waals surface area (Å²) in [5.74, 6) is -1.20. The van der Waals surface area contributed by atoms with Gasteiger partial charge in [0.2, 0.25) is 5.78 Å². The normalized spacial score (nSPS) is 10.5. The van der Waals surface area contributed by atoms with Gasteiger partial charge in [-0.2, -0.15) is 0 Å². The molecule has 0 spiro atoms. The minimum Gasteiger partial charge on any atom is -0.493 e. The maximum absolute atomic E-state index is 12.5. The molecular formula is C23H23N3O7. The van der Waals surface area contributed by atoms with E-state index in [2.05, 4.69) is 0 Å². The third kappa shape index (κ3) is 4.95. The molecule has 10 heteroatoms. The molecule has 33 heavy (non-hydrogen) atoms. The number of ether oxygens (including phenoxy) is 3. The summed E-state index contributed by atoms with van der Waals surface area (Å²) in [6.07, 6.45) is 0. The van der Waals surface area contributed by atoms with Crippen LogP contribution in [0.25, 0.3) is 0 Å². The van der Waals surface area contributed by atoms with E-state index in [1.54, 1.807) is 6.07 Å². The number of hydrogen-bond donors (Lipinski definition) is 1. The van der Waals surface area contributed by atoms with E-state index < -0.39 is 35.2 Å². The lowest BCUT2D eigenvalue weighted by Crippen LogP contribution is -2.42. The number of aromatic nitrogens is 2. The van der Waals surface area contributed by atoms with Crippen molar-refractivity contribution in [1.29, 1.82) is 0 Å². The van der Waals surface area contributed by atoms with Crippen molar-refractivity contribution >= 4 is 17.6 Å². The Morgan fingerprint density at radius 2 is 1.67 bits per heavy atom. The molecule has 0 fully saturated rings. The smallest absolute Gasteiger partial charge is 0.338 e. The molecule has 0 unspecified atom stereocenters. The van der Waals surface area contributed by atoms with E-state index in [0.29, 0.717) is 18.1 Å². The van der Waals surface area contributed by atoms with Crippen molar-refractivity contribution in [1.82, 2.24) is 9.13 Å². The topological polar surface area (TPSA) is 132 Å². The van der Waals surface area contributed by atoms with Crippen LogP contribution in [0.2, 0.25) is 0 Å². The predicted molar refractivity (Wildman–Crippen MR) is 120 cm³/mol. The molecule has 0 saturated heterocycles. The molecular weight excluding hydrogens is 430 g/mol. The fraction of sp³-hybridized carbons (Fsp3) is 0.217. The Hall–Kier alpha value is -4.34. The van der Waals surface area contributed by atoms with Gasteiger partial charge in [0.05, 0.1) is 12.7 Å². The lowest BCUT2D eigenvalue weighted by atomic mass is 10.2. The summed E-state index contributed by atoms with van der Waals surface area (Å²) in [5, 5.41) is 0. The average Bonchev–Trinajstić information content (AvgIpc) is 2.84. The highest BCUT2D eigenvalue weighted by atomic mass is 16.5. The Morgan fingerprint density at radius 3 is 2.33 bits per heavy atom. The number of benzene rings is 2. The van der Waals surface area contributed by atoms with Crippen molar-refractivity contribution in [3.63, 3.8) is 0 Å². The molecule has 0 atom stereocenters. The van der Waals surface area contributed by atoms with Crippen LogP contribution in [0.15, 0.2) is 58.1 Å². The maximum atomic E-state index is 12.5. The Morgan fingerprint density at radius 1 is 0.970 bits per heavy atom. The molecule has 1 aromatic heterocycles. The number of ketones is 1. The summed E-state index contributed by atoms with van der Waals surface area (Å²) < 4.78 is 17.8. The van der Waals surface area contributed by atoms with Crippen LogP contribution in [-0.2, 0) is 25.4 Å². The van der Waals surface area contributed by atoms with Gasteiger partial charge in [-0.3, -0.25) is 18.7 Å². The zero-order chi connectivity index (χ0) is 24.1. The van der Waals surface area contributed by atoms with E-state index in [1.165, 1.54) is 33.3 Å². The van der Waals surface area contributed by atoms with Crippen molar-refractivity contribution in [3.05, 3.63) is 86.1 Å². The molecule has 3 rings (SSSR count). The van der Waals surface area contributed by atoms with Gasteiger partial charge >= 0.3 is 11.7 Å². The van der Waals surface area contributed by atoms with E-state index in [1.807, 2.05) is 30.3 Å². The van der Waals surface area contributed by atoms with Gasteiger partial charge in [0, 0.05) is 14.1 Å². The minimum absolute atomic E-state index is 0.119. The zero-order valence-corrected chi connectivity index (χ0v) is 18.4. The van der Waals surface area contributed by atoms with E-state index in [9.17, 15) is 19.2 Å². The second-order valence-electron chi connectivity index (χ2n) is 7.11. The second-order valence-corrected chi connectivity index (χ2v) is 7.11. The number of nitrogens with two attached hydrogens (primary N) is 1. The fourth-order valence-corrected chi connectivity index (χ4v) is 3.06. The molecule has 1 heterocycles. The fourth-order valence-electron chi connectivity index (χ4n) is 3.06. The second kappa shape index (κ2) is 9.86. The molecule has 2 aromatic carbocycles. The Bertz CT molecular complexity index is 1310. The van der Waals surface area contributed by atoms with Gasteiger partial charge in [-0.25, -0.2) is 9.59 Å². The molecule has 0 aliphatic heterocycles. The van der Waals surface area contributed by atoms with Crippen LogP contribution < -0.4 is 26.5 Å². The van der Waals surface area contributed by atoms with Gasteiger partial charge in [-0.1, -0.05) is 30.3 Å². The highest BCUT2D eigenvalue weighted by Crippen LogP contribution is 2.29. The van der Waals surface area contributed by atoms with Gasteiger partial charge in [-0.05, 0) is 23.8 Å². The molecule has 0 saturated carbocycles. The average molecular weight is 453 g/mol. The monoisotopic (exact) mass is 453 g/mol. The third-order valence-corrected chi connectivity index (χ3v) is 4.96. The van der Waals surface area contributed by atoms with Crippen LogP contribution in [0.4, 0.5) is 5.82 Å². The van der Waals surface area contributed by atoms with Gasteiger partial charge in [0.25, 0.3) is 5.56 Å². The van der Waals surface area contributed by atoms with Crippen LogP contribution in [-0.4, -0.2) is 34.6 Å². The number of anilines is 1. The SMILES string of the molecule is COc1cc(C(=O)OCC(=O)c2c(N)n(C)c(=O)n(C)c2=O)ccc1OCc1ccccc1. The van der Waals surface area contributed by atoms with Gasteiger partial charge in [-0.15, -0.1) is 0 Å². The first-order valence-electron chi connectivity index (χ1n) is 9.85. The first-order chi connectivity index (χ1) is 15.7. The number of carbonyl (C=O) groups is 2. The van der Waals surface area contributed by atoms with Gasteiger partial charge in [0.1, 0.15) is 18.0 Å². The predicted octanol–water partition coefficient (Wildman–Crippen LogP) is 1.29. The Kier molecular flexibility index (Phi) is 6.97. The molecule has 10 nitrogen and oxygen atoms in total. The number of nitrogen functional groups attached to an aromatic ring is 1. The van der Waals surface area contributed by atoms with Crippen molar-refractivity contribution < 1.29 is 23.8 Å². The molecule has 3 aromatic rings. The molecule has 0 aliphatic carbocycles. The molecule has 0 amide bonds. The Labute approximate surface area is 188 Å². The first kappa shape index (κ1) is 23.3. The van der Waals surface area contributed by atoms with Crippen molar-refractivity contribution in [2.24, 2.45) is 14.1 Å². The van der Waals surface area contributed by atoms with Crippen LogP contribution >= 0.6 is 0 Å². The van der Waals surface area contributed by atoms with E-state index in [0.717, 1.165) is 14.7 Å². The van der Waals surface area contributed by atoms with Crippen LogP contribution in [0, 0.1) is 0 Å². The number of carbonyl (C=O) groups excluding carboxylic acids is 2. The quantitative estimate of drug-likeness (QED) is 0.399. The first-order valence-corrected chi connectivity index (χ1v) is 9.85. The summed E-state index contributed by atoms with van der Waals surface area (Å²) in [6, 6.07) is 14.0. The van der Waals surface area contributed by atoms with Gasteiger partial charge in [0.15, 0.2) is 18.1 Å². The lowest BCUT2D eigenvalue weighted by Gasteiger charge is -2.13. The van der Waals surface area contributed by atoms with Crippen molar-refractivity contribution in [2.75, 3.05) is 19.5 Å². The number of Topliss-reactive ketones (excluding diaryl/α,β-unsaturated/α-hetero) is 1. The van der Waals surface area contributed by atoms with Crippen molar-refractivity contribution in [3.8, 4) is 11.5 Å². The largest absolute Gasteiger partial charge is 0.493 e. The number of methoxy groups -OCH3 is 1. The highest BCUT2D eigenvalue weighted by molar-refractivity contribution is 6.02. The van der Waals surface area contributed by atoms with Gasteiger partial charge < -0.3 is 19.9 Å². The summed E-state index contributed by atoms with van der Waals surface area (Å²) >= 11 is 0. The molecule has 172 valence electrons. The number of hydrogen-bond acceptors (Lipinski definition) is 8. The van der Waals surface area contributed by atoms with Crippen molar-refractivity contribution in [2.45, 2.75) is 6.61 Å². The third-order valence-electron chi connectivity index (χ3n) is 4.96. The number of nitrogens with zero attached hydrogens (tertiary/aromatic N) is 2. The lowest BCUT2D eigenvalue weighted by molar-refractivity contribution is 0.0474. The highest BCUT2D eigenvalue weighted by Gasteiger charge is 2.22. The maximum Gasteiger partial charge on any atom is 0.338 e. The van der Waals surface area contributed by atoms with Crippen LogP contribution in [0.5, 0.6) is 11.5 Å². The Balaban J connectivity index is 1.71. The summed E-state index contributed by atoms with van der Waals surface area (Å²) in [6.45, 7) is -0.420. The summed E-state index contributed by atoms with van der Waals surface area (Å²) in [5.41, 5.74) is 4.88. The molecule has 2 N–H and O–H groups in total. The van der Waals surface area contributed by atoms with E-state index >= 15 is 0 Å². The number of rotatable bonds is 8. The van der Waals surface area contributed by atoms with Crippen LogP contribution in [0.1, 0.15) is 26.3 Å². The number of esters is 1.